The van der Waals surface area contributed by atoms with Crippen LogP contribution >= 0.6 is 11.3 Å². The van der Waals surface area contributed by atoms with Crippen molar-refractivity contribution in [2.24, 2.45) is 10.1 Å². The van der Waals surface area contributed by atoms with E-state index in [1.807, 2.05) is 23.9 Å². The second-order valence-corrected chi connectivity index (χ2v) is 6.77. The molecule has 1 heterocycles. The number of hydrogen-bond acceptors (Lipinski definition) is 3. The Hall–Kier alpha value is -2.01. The first-order chi connectivity index (χ1) is 11.5. The van der Waals surface area contributed by atoms with Crippen LogP contribution in [-0.2, 0) is 0 Å². The van der Waals surface area contributed by atoms with E-state index in [9.17, 15) is 4.39 Å². The zero-order chi connectivity index (χ0) is 17.5. The first kappa shape index (κ1) is 18.3. The summed E-state index contributed by atoms with van der Waals surface area (Å²) in [5.41, 5.74) is 3.92. The van der Waals surface area contributed by atoms with Crippen LogP contribution in [0.5, 0.6) is 0 Å². The van der Waals surface area contributed by atoms with E-state index in [0.717, 1.165) is 46.6 Å². The summed E-state index contributed by atoms with van der Waals surface area (Å²) < 4.78 is 15.1. The molecule has 0 amide bonds. The largest absolute Gasteiger partial charge is 0.253 e. The summed E-state index contributed by atoms with van der Waals surface area (Å²) in [6, 6.07) is 6.48. The molecule has 2 aromatic rings. The van der Waals surface area contributed by atoms with Crippen molar-refractivity contribution in [3.05, 3.63) is 52.4 Å². The van der Waals surface area contributed by atoms with Crippen molar-refractivity contribution in [2.45, 2.75) is 40.0 Å². The molecule has 0 aliphatic rings. The monoisotopic (exact) mass is 345 g/mol. The molecule has 5 heteroatoms. The third kappa shape index (κ3) is 4.99. The molecule has 0 N–H and O–H groups in total. The summed E-state index contributed by atoms with van der Waals surface area (Å²) in [5, 5.41) is 6.77. The van der Waals surface area contributed by atoms with Crippen LogP contribution in [0.2, 0.25) is 0 Å². The summed E-state index contributed by atoms with van der Waals surface area (Å²) in [5.74, 6) is -0.240. The Balaban J connectivity index is 2.49. The quantitative estimate of drug-likeness (QED) is 0.485. The lowest BCUT2D eigenvalue weighted by molar-refractivity contribution is 0.628. The van der Waals surface area contributed by atoms with Crippen LogP contribution in [0, 0.1) is 5.82 Å². The van der Waals surface area contributed by atoms with E-state index in [0.29, 0.717) is 6.54 Å². The standard InChI is InChI=1S/C19H24FN3S/c1-5-6-7-15(4)22-23-18(16-8-10-17(20)11-9-16)13-24-19(23)21-12-14(2)3/h8-11,13H,2,5-7,12H2,1,3-4H3. The number of thiazole rings is 1. The van der Waals surface area contributed by atoms with Gasteiger partial charge in [-0.1, -0.05) is 25.5 Å². The second-order valence-electron chi connectivity index (χ2n) is 5.93. The molecule has 3 nitrogen and oxygen atoms in total. The van der Waals surface area contributed by atoms with Crippen molar-refractivity contribution in [2.75, 3.05) is 6.54 Å². The lowest BCUT2D eigenvalue weighted by Gasteiger charge is -2.06. The van der Waals surface area contributed by atoms with Crippen LogP contribution in [0.25, 0.3) is 11.3 Å². The van der Waals surface area contributed by atoms with Crippen molar-refractivity contribution in [1.29, 1.82) is 0 Å². The number of aromatic nitrogens is 1. The summed E-state index contributed by atoms with van der Waals surface area (Å²) >= 11 is 1.54. The molecule has 0 saturated heterocycles. The van der Waals surface area contributed by atoms with Crippen LogP contribution in [-0.4, -0.2) is 16.9 Å². The Morgan fingerprint density at radius 3 is 2.58 bits per heavy atom. The molecule has 128 valence electrons. The van der Waals surface area contributed by atoms with Crippen molar-refractivity contribution in [3.63, 3.8) is 0 Å². The van der Waals surface area contributed by atoms with E-state index in [1.54, 1.807) is 12.1 Å². The van der Waals surface area contributed by atoms with E-state index >= 15 is 0 Å². The molecule has 0 radical (unpaired) electrons. The highest BCUT2D eigenvalue weighted by Gasteiger charge is 2.08. The van der Waals surface area contributed by atoms with Gasteiger partial charge in [-0.05, 0) is 51.0 Å². The van der Waals surface area contributed by atoms with Gasteiger partial charge < -0.3 is 0 Å². The fourth-order valence-corrected chi connectivity index (χ4v) is 3.01. The zero-order valence-electron chi connectivity index (χ0n) is 14.6. The van der Waals surface area contributed by atoms with Gasteiger partial charge in [0.25, 0.3) is 0 Å². The Morgan fingerprint density at radius 2 is 1.96 bits per heavy atom. The highest BCUT2D eigenvalue weighted by atomic mass is 32.1. The molecule has 0 saturated carbocycles. The predicted molar refractivity (Wildman–Crippen MR) is 101 cm³/mol. The second kappa shape index (κ2) is 8.73. The zero-order valence-corrected chi connectivity index (χ0v) is 15.4. The normalized spacial score (nSPS) is 12.7. The molecule has 2 rings (SSSR count). The van der Waals surface area contributed by atoms with Gasteiger partial charge in [0, 0.05) is 16.7 Å². The van der Waals surface area contributed by atoms with Crippen LogP contribution in [0.1, 0.15) is 40.0 Å². The summed E-state index contributed by atoms with van der Waals surface area (Å²) in [7, 11) is 0. The fourth-order valence-electron chi connectivity index (χ4n) is 2.18. The third-order valence-electron chi connectivity index (χ3n) is 3.47. The van der Waals surface area contributed by atoms with Gasteiger partial charge in [-0.15, -0.1) is 11.3 Å². The first-order valence-electron chi connectivity index (χ1n) is 8.17. The topological polar surface area (TPSA) is 29.6 Å². The Kier molecular flexibility index (Phi) is 6.67. The van der Waals surface area contributed by atoms with E-state index < -0.39 is 0 Å². The van der Waals surface area contributed by atoms with Crippen LogP contribution in [0.4, 0.5) is 4.39 Å². The van der Waals surface area contributed by atoms with Crippen molar-refractivity contribution >= 4 is 17.0 Å². The summed E-state index contributed by atoms with van der Waals surface area (Å²) in [6.07, 6.45) is 3.21. The van der Waals surface area contributed by atoms with Gasteiger partial charge in [-0.3, -0.25) is 4.99 Å². The van der Waals surface area contributed by atoms with Gasteiger partial charge >= 0.3 is 0 Å². The first-order valence-corrected chi connectivity index (χ1v) is 9.05. The van der Waals surface area contributed by atoms with Crippen LogP contribution < -0.4 is 4.80 Å². The molecule has 0 fully saturated rings. The number of unbranched alkanes of at least 4 members (excludes halogenated alkanes) is 1. The maximum atomic E-state index is 13.2. The molecule has 1 aromatic heterocycles. The van der Waals surface area contributed by atoms with Gasteiger partial charge in [0.15, 0.2) is 0 Å². The molecule has 0 aliphatic carbocycles. The summed E-state index contributed by atoms with van der Waals surface area (Å²) in [6.45, 7) is 10.6. The molecule has 0 unspecified atom stereocenters. The van der Waals surface area contributed by atoms with E-state index in [1.165, 1.54) is 23.5 Å². The van der Waals surface area contributed by atoms with Gasteiger partial charge in [-0.2, -0.15) is 5.10 Å². The van der Waals surface area contributed by atoms with Crippen LogP contribution in [0.15, 0.2) is 51.9 Å². The minimum atomic E-state index is -0.240. The SMILES string of the molecule is C=C(C)CN=c1scc(-c2ccc(F)cc2)n1N=C(C)CCCC. The molecule has 0 atom stereocenters. The smallest absolute Gasteiger partial charge is 0.206 e. The van der Waals surface area contributed by atoms with Crippen molar-refractivity contribution < 1.29 is 4.39 Å². The number of benzene rings is 1. The Labute approximate surface area is 146 Å². The minimum absolute atomic E-state index is 0.240. The summed E-state index contributed by atoms with van der Waals surface area (Å²) in [4.78, 5) is 5.43. The van der Waals surface area contributed by atoms with Gasteiger partial charge in [0.05, 0.1) is 12.2 Å². The third-order valence-corrected chi connectivity index (χ3v) is 4.33. The molecule has 24 heavy (non-hydrogen) atoms. The average Bonchev–Trinajstić information content (AvgIpc) is 2.94. The van der Waals surface area contributed by atoms with E-state index in [-0.39, 0.29) is 5.82 Å². The molecule has 0 spiro atoms. The van der Waals surface area contributed by atoms with Crippen LogP contribution in [0.3, 0.4) is 0 Å². The number of nitrogens with zero attached hydrogens (tertiary/aromatic N) is 3. The Morgan fingerprint density at radius 1 is 1.25 bits per heavy atom. The highest BCUT2D eigenvalue weighted by molar-refractivity contribution is 7.07. The van der Waals surface area contributed by atoms with Gasteiger partial charge in [0.2, 0.25) is 4.80 Å². The number of rotatable bonds is 7. The minimum Gasteiger partial charge on any atom is -0.253 e. The van der Waals surface area contributed by atoms with Crippen molar-refractivity contribution in [1.82, 2.24) is 4.68 Å². The maximum absolute atomic E-state index is 13.2. The van der Waals surface area contributed by atoms with E-state index in [4.69, 9.17) is 5.10 Å². The molecule has 0 bridgehead atoms. The number of halogens is 1. The highest BCUT2D eigenvalue weighted by Crippen LogP contribution is 2.20. The van der Waals surface area contributed by atoms with Gasteiger partial charge in [0.1, 0.15) is 5.82 Å². The maximum Gasteiger partial charge on any atom is 0.206 e. The molecule has 0 aliphatic heterocycles. The average molecular weight is 345 g/mol. The number of hydrogen-bond donors (Lipinski definition) is 0. The van der Waals surface area contributed by atoms with Crippen molar-refractivity contribution in [3.8, 4) is 11.3 Å². The molecular formula is C19H24FN3S. The molecule has 1 aromatic carbocycles. The fraction of sp³-hybridized carbons (Fsp3) is 0.368. The predicted octanol–water partition coefficient (Wildman–Crippen LogP) is 5.25. The van der Waals surface area contributed by atoms with E-state index in [2.05, 4.69) is 18.5 Å². The van der Waals surface area contributed by atoms with Gasteiger partial charge in [-0.25, -0.2) is 9.07 Å². The lowest BCUT2D eigenvalue weighted by Crippen LogP contribution is -2.14. The molecular weight excluding hydrogens is 321 g/mol. The lowest BCUT2D eigenvalue weighted by atomic mass is 10.2. The Bertz CT molecular complexity index is 782.